The van der Waals surface area contributed by atoms with E-state index in [2.05, 4.69) is 27.7 Å². The van der Waals surface area contributed by atoms with E-state index in [0.717, 1.165) is 30.9 Å². The number of nitrogens with one attached hydrogen (secondary N) is 2. The Hall–Kier alpha value is -3.97. The third kappa shape index (κ3) is 4.56. The SMILES string of the molecule is O=C1Nc2cc([N+](=O)[O-])ccc2C1=C(Nc1ccc(CN2CCCCC2)cc1)c1ccccc1. The van der Waals surface area contributed by atoms with Gasteiger partial charge in [-0.3, -0.25) is 19.8 Å². The topological polar surface area (TPSA) is 87.5 Å². The summed E-state index contributed by atoms with van der Waals surface area (Å²) in [5.41, 5.74) is 5.15. The van der Waals surface area contributed by atoms with Crippen molar-refractivity contribution in [2.75, 3.05) is 23.7 Å². The van der Waals surface area contributed by atoms with Crippen molar-refractivity contribution in [3.8, 4) is 0 Å². The lowest BCUT2D eigenvalue weighted by Crippen LogP contribution is -2.29. The van der Waals surface area contributed by atoms with Crippen molar-refractivity contribution in [1.82, 2.24) is 4.90 Å². The monoisotopic (exact) mass is 454 g/mol. The predicted molar refractivity (Wildman–Crippen MR) is 134 cm³/mol. The summed E-state index contributed by atoms with van der Waals surface area (Å²) in [5, 5.41) is 17.4. The molecule has 7 nitrogen and oxygen atoms in total. The molecule has 2 aliphatic rings. The number of nitro benzene ring substituents is 1. The second kappa shape index (κ2) is 9.49. The molecule has 0 saturated carbocycles. The van der Waals surface area contributed by atoms with E-state index >= 15 is 0 Å². The fourth-order valence-electron chi connectivity index (χ4n) is 4.62. The number of non-ortho nitro benzene ring substituents is 1. The third-order valence-electron chi connectivity index (χ3n) is 6.35. The molecular formula is C27H26N4O3. The minimum absolute atomic E-state index is 0.0567. The Morgan fingerprint density at radius 2 is 1.71 bits per heavy atom. The molecule has 0 atom stereocenters. The number of carbonyl (C=O) groups excluding carboxylic acids is 1. The minimum atomic E-state index is -0.462. The number of fused-ring (bicyclic) bond motifs is 1. The van der Waals surface area contributed by atoms with Crippen LogP contribution in [0.3, 0.4) is 0 Å². The first-order valence-electron chi connectivity index (χ1n) is 11.6. The largest absolute Gasteiger partial charge is 0.354 e. The van der Waals surface area contributed by atoms with Crippen molar-refractivity contribution in [1.29, 1.82) is 0 Å². The van der Waals surface area contributed by atoms with E-state index < -0.39 is 4.92 Å². The molecule has 1 fully saturated rings. The minimum Gasteiger partial charge on any atom is -0.354 e. The number of nitro groups is 1. The molecule has 7 heteroatoms. The smallest absolute Gasteiger partial charge is 0.271 e. The van der Waals surface area contributed by atoms with E-state index in [-0.39, 0.29) is 11.6 Å². The Bertz CT molecular complexity index is 1250. The van der Waals surface area contributed by atoms with Gasteiger partial charge in [-0.15, -0.1) is 0 Å². The van der Waals surface area contributed by atoms with Crippen LogP contribution in [-0.4, -0.2) is 28.8 Å². The Morgan fingerprint density at radius 3 is 2.41 bits per heavy atom. The van der Waals surface area contributed by atoms with Crippen LogP contribution < -0.4 is 10.6 Å². The fraction of sp³-hybridized carbons (Fsp3) is 0.222. The summed E-state index contributed by atoms with van der Waals surface area (Å²) < 4.78 is 0. The maximum atomic E-state index is 13.0. The van der Waals surface area contributed by atoms with Crippen LogP contribution in [0.2, 0.25) is 0 Å². The molecule has 2 aliphatic heterocycles. The molecule has 0 radical (unpaired) electrons. The molecule has 0 aromatic heterocycles. The van der Waals surface area contributed by atoms with E-state index in [1.54, 1.807) is 6.07 Å². The van der Waals surface area contributed by atoms with Gasteiger partial charge >= 0.3 is 0 Å². The number of carbonyl (C=O) groups is 1. The Kier molecular flexibility index (Phi) is 6.10. The van der Waals surface area contributed by atoms with Crippen molar-refractivity contribution >= 4 is 34.2 Å². The van der Waals surface area contributed by atoms with Gasteiger partial charge in [-0.25, -0.2) is 0 Å². The summed E-state index contributed by atoms with van der Waals surface area (Å²) in [6.45, 7) is 3.25. The third-order valence-corrected chi connectivity index (χ3v) is 6.35. The molecular weight excluding hydrogens is 428 g/mol. The fourth-order valence-corrected chi connectivity index (χ4v) is 4.62. The molecule has 5 rings (SSSR count). The van der Waals surface area contributed by atoms with Gasteiger partial charge in [0, 0.05) is 29.9 Å². The Morgan fingerprint density at radius 1 is 0.971 bits per heavy atom. The first-order valence-corrected chi connectivity index (χ1v) is 11.6. The van der Waals surface area contributed by atoms with Gasteiger partial charge in [-0.1, -0.05) is 48.9 Å². The Labute approximate surface area is 198 Å². The Balaban J connectivity index is 1.48. The van der Waals surface area contributed by atoms with Gasteiger partial charge in [0.25, 0.3) is 11.6 Å². The molecule has 1 amide bonds. The highest BCUT2D eigenvalue weighted by atomic mass is 16.6. The van der Waals surface area contributed by atoms with Crippen molar-refractivity contribution in [3.63, 3.8) is 0 Å². The van der Waals surface area contributed by atoms with E-state index in [9.17, 15) is 14.9 Å². The molecule has 2 heterocycles. The maximum absolute atomic E-state index is 13.0. The lowest BCUT2D eigenvalue weighted by molar-refractivity contribution is -0.384. The molecule has 172 valence electrons. The van der Waals surface area contributed by atoms with Crippen molar-refractivity contribution in [2.24, 2.45) is 0 Å². The predicted octanol–water partition coefficient (Wildman–Crippen LogP) is 5.51. The zero-order chi connectivity index (χ0) is 23.5. The van der Waals surface area contributed by atoms with Crippen LogP contribution in [-0.2, 0) is 11.3 Å². The van der Waals surface area contributed by atoms with Gasteiger partial charge in [0.05, 0.1) is 21.9 Å². The lowest BCUT2D eigenvalue weighted by atomic mass is 9.99. The van der Waals surface area contributed by atoms with Crippen LogP contribution in [0, 0.1) is 10.1 Å². The summed E-state index contributed by atoms with van der Waals surface area (Å²) >= 11 is 0. The first-order chi connectivity index (χ1) is 16.6. The highest BCUT2D eigenvalue weighted by Crippen LogP contribution is 2.39. The average Bonchev–Trinajstić information content (AvgIpc) is 3.19. The van der Waals surface area contributed by atoms with Crippen molar-refractivity contribution < 1.29 is 9.72 Å². The van der Waals surface area contributed by atoms with Gasteiger partial charge in [0.1, 0.15) is 0 Å². The second-order valence-corrected chi connectivity index (χ2v) is 8.72. The second-order valence-electron chi connectivity index (χ2n) is 8.72. The standard InChI is InChI=1S/C27H26N4O3/c32-27-25(23-14-13-22(31(33)34)17-24(23)29-27)26(20-7-3-1-4-8-20)28-21-11-9-19(10-12-21)18-30-15-5-2-6-16-30/h1,3-4,7-14,17,28H,2,5-6,15-16,18H2,(H,29,32). The molecule has 3 aromatic carbocycles. The number of hydrogen-bond donors (Lipinski definition) is 2. The molecule has 0 spiro atoms. The number of rotatable bonds is 6. The molecule has 34 heavy (non-hydrogen) atoms. The molecule has 0 bridgehead atoms. The van der Waals surface area contributed by atoms with Crippen LogP contribution in [0.1, 0.15) is 36.0 Å². The quantitative estimate of drug-likeness (QED) is 0.291. The maximum Gasteiger partial charge on any atom is 0.271 e. The van der Waals surface area contributed by atoms with Crippen LogP contribution in [0.15, 0.2) is 72.8 Å². The molecule has 3 aromatic rings. The number of likely N-dealkylation sites (tertiary alicyclic amines) is 1. The summed E-state index contributed by atoms with van der Waals surface area (Å²) in [5.74, 6) is -0.288. The summed E-state index contributed by atoms with van der Waals surface area (Å²) in [4.78, 5) is 26.2. The highest BCUT2D eigenvalue weighted by molar-refractivity contribution is 6.37. The van der Waals surface area contributed by atoms with E-state index in [1.807, 2.05) is 42.5 Å². The number of anilines is 2. The van der Waals surface area contributed by atoms with E-state index in [0.29, 0.717) is 22.5 Å². The van der Waals surface area contributed by atoms with Crippen LogP contribution in [0.4, 0.5) is 17.1 Å². The number of hydrogen-bond acceptors (Lipinski definition) is 5. The van der Waals surface area contributed by atoms with Crippen molar-refractivity contribution in [3.05, 3.63) is 99.6 Å². The number of benzene rings is 3. The van der Waals surface area contributed by atoms with Gasteiger partial charge in [0.2, 0.25) is 0 Å². The van der Waals surface area contributed by atoms with Crippen LogP contribution in [0.25, 0.3) is 11.3 Å². The van der Waals surface area contributed by atoms with Crippen molar-refractivity contribution in [2.45, 2.75) is 25.8 Å². The number of amides is 1. The molecule has 0 unspecified atom stereocenters. The van der Waals surface area contributed by atoms with Crippen LogP contribution in [0.5, 0.6) is 0 Å². The van der Waals surface area contributed by atoms with E-state index in [4.69, 9.17) is 0 Å². The highest BCUT2D eigenvalue weighted by Gasteiger charge is 2.30. The van der Waals surface area contributed by atoms with Crippen LogP contribution >= 0.6 is 0 Å². The van der Waals surface area contributed by atoms with Gasteiger partial charge in [-0.2, -0.15) is 0 Å². The summed E-state index contributed by atoms with van der Waals surface area (Å²) in [6, 6.07) is 22.4. The molecule has 0 aliphatic carbocycles. The normalized spacial score (nSPS) is 17.1. The van der Waals surface area contributed by atoms with Gasteiger partial charge < -0.3 is 10.6 Å². The number of piperidine rings is 1. The average molecular weight is 455 g/mol. The van der Waals surface area contributed by atoms with E-state index in [1.165, 1.54) is 37.0 Å². The summed E-state index contributed by atoms with van der Waals surface area (Å²) in [7, 11) is 0. The lowest BCUT2D eigenvalue weighted by Gasteiger charge is -2.26. The first kappa shape index (κ1) is 21.9. The number of nitrogens with zero attached hydrogens (tertiary/aromatic N) is 2. The summed E-state index contributed by atoms with van der Waals surface area (Å²) in [6.07, 6.45) is 3.85. The van der Waals surface area contributed by atoms with Gasteiger partial charge in [0.15, 0.2) is 0 Å². The molecule has 2 N–H and O–H groups in total. The van der Waals surface area contributed by atoms with Gasteiger partial charge in [-0.05, 0) is 55.3 Å². The molecule has 1 saturated heterocycles. The zero-order valence-electron chi connectivity index (χ0n) is 18.8. The zero-order valence-corrected chi connectivity index (χ0v) is 18.8.